The highest BCUT2D eigenvalue weighted by Gasteiger charge is 2.26. The number of hydrogen-bond donors (Lipinski definition) is 1. The van der Waals surface area contributed by atoms with Crippen LogP contribution in [0.5, 0.6) is 0 Å². The van der Waals surface area contributed by atoms with Gasteiger partial charge in [0.1, 0.15) is 17.5 Å². The largest absolute Gasteiger partial charge is 0.462 e. The van der Waals surface area contributed by atoms with E-state index in [0.717, 1.165) is 6.42 Å². The van der Waals surface area contributed by atoms with Gasteiger partial charge in [0.25, 0.3) is 5.91 Å². The Bertz CT molecular complexity index is 477. The van der Waals surface area contributed by atoms with Crippen molar-refractivity contribution in [1.82, 2.24) is 9.78 Å². The molecule has 0 saturated carbocycles. The molecule has 104 valence electrons. The molecular weight excluding hydrogens is 250 g/mol. The second-order valence-corrected chi connectivity index (χ2v) is 4.24. The summed E-state index contributed by atoms with van der Waals surface area (Å²) >= 11 is 0. The Labute approximate surface area is 110 Å². The Morgan fingerprint density at radius 2 is 2.42 bits per heavy atom. The van der Waals surface area contributed by atoms with Crippen LogP contribution >= 0.6 is 0 Å². The standard InChI is InChI=1S/C12H17N3O4/c1-3-18-12(17)8-7-13-15(2)10(8)14-11(16)9-5-4-6-19-9/h7,9H,3-6H2,1-2H3,(H,14,16). The van der Waals surface area contributed by atoms with Gasteiger partial charge in [-0.1, -0.05) is 0 Å². The number of hydrogen-bond acceptors (Lipinski definition) is 5. The average Bonchev–Trinajstić information content (AvgIpc) is 3.01. The number of anilines is 1. The minimum absolute atomic E-state index is 0.246. The number of esters is 1. The predicted molar refractivity (Wildman–Crippen MR) is 66.8 cm³/mol. The van der Waals surface area contributed by atoms with Crippen LogP contribution in [0.1, 0.15) is 30.1 Å². The molecule has 0 aliphatic carbocycles. The fourth-order valence-corrected chi connectivity index (χ4v) is 1.93. The number of carbonyl (C=O) groups is 2. The molecule has 19 heavy (non-hydrogen) atoms. The fraction of sp³-hybridized carbons (Fsp3) is 0.583. The molecule has 2 heterocycles. The lowest BCUT2D eigenvalue weighted by molar-refractivity contribution is -0.124. The molecule has 1 aliphatic heterocycles. The molecule has 0 bridgehead atoms. The SMILES string of the molecule is CCOC(=O)c1cnn(C)c1NC(=O)C1CCCO1. The smallest absolute Gasteiger partial charge is 0.343 e. The van der Waals surface area contributed by atoms with Crippen molar-refractivity contribution >= 4 is 17.7 Å². The maximum Gasteiger partial charge on any atom is 0.343 e. The molecule has 1 aromatic heterocycles. The van der Waals surface area contributed by atoms with Gasteiger partial charge >= 0.3 is 5.97 Å². The predicted octanol–water partition coefficient (Wildman–Crippen LogP) is 0.714. The third-order valence-electron chi connectivity index (χ3n) is 2.90. The molecular formula is C12H17N3O4. The molecule has 1 N–H and O–H groups in total. The van der Waals surface area contributed by atoms with Gasteiger partial charge in [-0.3, -0.25) is 9.48 Å². The summed E-state index contributed by atoms with van der Waals surface area (Å²) in [5.74, 6) is -0.427. The van der Waals surface area contributed by atoms with Crippen molar-refractivity contribution < 1.29 is 19.1 Å². The van der Waals surface area contributed by atoms with Gasteiger partial charge < -0.3 is 14.8 Å². The molecule has 0 spiro atoms. The van der Waals surface area contributed by atoms with E-state index in [4.69, 9.17) is 9.47 Å². The minimum Gasteiger partial charge on any atom is -0.462 e. The van der Waals surface area contributed by atoms with Crippen molar-refractivity contribution in [3.63, 3.8) is 0 Å². The van der Waals surface area contributed by atoms with Gasteiger partial charge in [0.05, 0.1) is 12.8 Å². The molecule has 7 heteroatoms. The van der Waals surface area contributed by atoms with Gasteiger partial charge in [-0.05, 0) is 19.8 Å². The Balaban J connectivity index is 2.12. The topological polar surface area (TPSA) is 82.5 Å². The monoisotopic (exact) mass is 267 g/mol. The second-order valence-electron chi connectivity index (χ2n) is 4.24. The van der Waals surface area contributed by atoms with Crippen molar-refractivity contribution in [2.75, 3.05) is 18.5 Å². The van der Waals surface area contributed by atoms with Crippen LogP contribution in [-0.2, 0) is 21.3 Å². The number of rotatable bonds is 4. The molecule has 1 amide bonds. The number of amides is 1. The van der Waals surface area contributed by atoms with Crippen LogP contribution in [-0.4, -0.2) is 41.0 Å². The maximum absolute atomic E-state index is 12.0. The minimum atomic E-state index is -0.502. The third kappa shape index (κ3) is 2.93. The highest BCUT2D eigenvalue weighted by atomic mass is 16.5. The second kappa shape index (κ2) is 5.83. The third-order valence-corrected chi connectivity index (χ3v) is 2.90. The Morgan fingerprint density at radius 3 is 3.05 bits per heavy atom. The average molecular weight is 267 g/mol. The van der Waals surface area contributed by atoms with E-state index in [1.807, 2.05) is 0 Å². The molecule has 0 radical (unpaired) electrons. The highest BCUT2D eigenvalue weighted by Crippen LogP contribution is 2.18. The molecule has 1 fully saturated rings. The molecule has 2 rings (SSSR count). The first kappa shape index (κ1) is 13.5. The van der Waals surface area contributed by atoms with Crippen LogP contribution in [0.15, 0.2) is 6.20 Å². The van der Waals surface area contributed by atoms with E-state index in [9.17, 15) is 9.59 Å². The van der Waals surface area contributed by atoms with Crippen LogP contribution < -0.4 is 5.32 Å². The van der Waals surface area contributed by atoms with Crippen LogP contribution in [0, 0.1) is 0 Å². The number of aromatic nitrogens is 2. The van der Waals surface area contributed by atoms with Crippen molar-refractivity contribution in [1.29, 1.82) is 0 Å². The Kier molecular flexibility index (Phi) is 4.16. The number of nitrogens with zero attached hydrogens (tertiary/aromatic N) is 2. The lowest BCUT2D eigenvalue weighted by Crippen LogP contribution is -2.28. The van der Waals surface area contributed by atoms with E-state index in [0.29, 0.717) is 18.8 Å². The first-order chi connectivity index (χ1) is 9.13. The van der Waals surface area contributed by atoms with E-state index < -0.39 is 12.1 Å². The van der Waals surface area contributed by atoms with E-state index in [1.54, 1.807) is 14.0 Å². The maximum atomic E-state index is 12.0. The van der Waals surface area contributed by atoms with Crippen molar-refractivity contribution in [2.45, 2.75) is 25.9 Å². The summed E-state index contributed by atoms with van der Waals surface area (Å²) < 4.78 is 11.6. The quantitative estimate of drug-likeness (QED) is 0.812. The number of ether oxygens (including phenoxy) is 2. The van der Waals surface area contributed by atoms with Crippen LogP contribution in [0.25, 0.3) is 0 Å². The molecule has 1 aromatic rings. The number of aryl methyl sites for hydroxylation is 1. The zero-order chi connectivity index (χ0) is 13.8. The first-order valence-electron chi connectivity index (χ1n) is 6.25. The van der Waals surface area contributed by atoms with E-state index >= 15 is 0 Å². The Hall–Kier alpha value is -1.89. The lowest BCUT2D eigenvalue weighted by atomic mass is 10.2. The van der Waals surface area contributed by atoms with Crippen LogP contribution in [0.4, 0.5) is 5.82 Å². The van der Waals surface area contributed by atoms with E-state index in [2.05, 4.69) is 10.4 Å². The zero-order valence-electron chi connectivity index (χ0n) is 11.0. The van der Waals surface area contributed by atoms with Crippen LogP contribution in [0.3, 0.4) is 0 Å². The van der Waals surface area contributed by atoms with Crippen molar-refractivity contribution in [3.05, 3.63) is 11.8 Å². The van der Waals surface area contributed by atoms with Gasteiger partial charge in [-0.2, -0.15) is 5.10 Å². The lowest BCUT2D eigenvalue weighted by Gasteiger charge is -2.11. The molecule has 1 aliphatic rings. The van der Waals surface area contributed by atoms with Crippen molar-refractivity contribution in [3.8, 4) is 0 Å². The number of nitrogens with one attached hydrogen (secondary N) is 1. The molecule has 1 saturated heterocycles. The van der Waals surface area contributed by atoms with Crippen LogP contribution in [0.2, 0.25) is 0 Å². The molecule has 1 atom stereocenters. The summed E-state index contributed by atoms with van der Waals surface area (Å²) in [7, 11) is 1.65. The normalized spacial score (nSPS) is 18.3. The summed E-state index contributed by atoms with van der Waals surface area (Å²) in [6, 6.07) is 0. The summed E-state index contributed by atoms with van der Waals surface area (Å²) in [6.07, 6.45) is 2.49. The first-order valence-corrected chi connectivity index (χ1v) is 6.25. The molecule has 1 unspecified atom stereocenters. The summed E-state index contributed by atoms with van der Waals surface area (Å²) in [5.41, 5.74) is 0.246. The zero-order valence-corrected chi connectivity index (χ0v) is 11.0. The fourth-order valence-electron chi connectivity index (χ4n) is 1.93. The summed E-state index contributed by atoms with van der Waals surface area (Å²) in [4.78, 5) is 23.7. The number of carbonyl (C=O) groups excluding carboxylic acids is 2. The van der Waals surface area contributed by atoms with Gasteiger partial charge in [0, 0.05) is 13.7 Å². The van der Waals surface area contributed by atoms with Gasteiger partial charge in [0.2, 0.25) is 0 Å². The van der Waals surface area contributed by atoms with E-state index in [1.165, 1.54) is 10.9 Å². The highest BCUT2D eigenvalue weighted by molar-refractivity contribution is 6.01. The summed E-state index contributed by atoms with van der Waals surface area (Å²) in [5, 5.41) is 6.64. The molecule has 7 nitrogen and oxygen atoms in total. The Morgan fingerprint density at radius 1 is 1.63 bits per heavy atom. The summed E-state index contributed by atoms with van der Waals surface area (Å²) in [6.45, 7) is 2.58. The van der Waals surface area contributed by atoms with E-state index in [-0.39, 0.29) is 18.1 Å². The molecule has 0 aromatic carbocycles. The van der Waals surface area contributed by atoms with Gasteiger partial charge in [0.15, 0.2) is 0 Å². The van der Waals surface area contributed by atoms with Gasteiger partial charge in [-0.15, -0.1) is 0 Å². The van der Waals surface area contributed by atoms with Gasteiger partial charge in [-0.25, -0.2) is 4.79 Å². The van der Waals surface area contributed by atoms with Crippen molar-refractivity contribution in [2.24, 2.45) is 7.05 Å².